The van der Waals surface area contributed by atoms with Gasteiger partial charge in [-0.3, -0.25) is 4.79 Å². The zero-order chi connectivity index (χ0) is 20.6. The molecule has 3 rings (SSSR count). The molecule has 0 aliphatic carbocycles. The van der Waals surface area contributed by atoms with Gasteiger partial charge in [0.15, 0.2) is 0 Å². The van der Waals surface area contributed by atoms with E-state index in [4.69, 9.17) is 10.00 Å². The second-order valence-electron chi connectivity index (χ2n) is 6.13. The summed E-state index contributed by atoms with van der Waals surface area (Å²) in [7, 11) is 1.59. The first-order chi connectivity index (χ1) is 14.1. The van der Waals surface area contributed by atoms with Gasteiger partial charge in [-0.25, -0.2) is 0 Å². The van der Waals surface area contributed by atoms with Crippen LogP contribution in [-0.2, 0) is 4.79 Å². The summed E-state index contributed by atoms with van der Waals surface area (Å²) >= 11 is 1.24. The summed E-state index contributed by atoms with van der Waals surface area (Å²) in [5.41, 5.74) is 2.50. The van der Waals surface area contributed by atoms with Crippen molar-refractivity contribution in [2.45, 2.75) is 18.5 Å². The normalized spacial score (nSPS) is 10.4. The Hall–Kier alpha value is -3.38. The van der Waals surface area contributed by atoms with E-state index in [1.54, 1.807) is 16.7 Å². The molecule has 2 aromatic carbocycles. The maximum Gasteiger partial charge on any atom is 0.237 e. The highest BCUT2D eigenvalue weighted by molar-refractivity contribution is 7.99. The van der Waals surface area contributed by atoms with Gasteiger partial charge in [-0.1, -0.05) is 36.0 Å². The molecule has 3 aromatic rings. The minimum absolute atomic E-state index is 0.123. The summed E-state index contributed by atoms with van der Waals surface area (Å²) in [6.07, 6.45) is 0.254. The minimum atomic E-state index is -0.123. The number of tetrazole rings is 1. The van der Waals surface area contributed by atoms with Gasteiger partial charge in [0.25, 0.3) is 0 Å². The van der Waals surface area contributed by atoms with Crippen LogP contribution in [0.3, 0.4) is 0 Å². The lowest BCUT2D eigenvalue weighted by Gasteiger charge is -2.21. The number of hydrogen-bond acceptors (Lipinski definition) is 7. The number of amides is 1. The minimum Gasteiger partial charge on any atom is -0.494 e. The fourth-order valence-electron chi connectivity index (χ4n) is 2.76. The van der Waals surface area contributed by atoms with Gasteiger partial charge >= 0.3 is 0 Å². The van der Waals surface area contributed by atoms with Crippen LogP contribution in [0.25, 0.3) is 5.69 Å². The molecule has 1 aromatic heterocycles. The number of benzene rings is 2. The highest BCUT2D eigenvalue weighted by atomic mass is 32.2. The Morgan fingerprint density at radius 3 is 2.79 bits per heavy atom. The lowest BCUT2D eigenvalue weighted by atomic mass is 10.2. The van der Waals surface area contributed by atoms with Crippen molar-refractivity contribution in [2.24, 2.45) is 0 Å². The second-order valence-corrected chi connectivity index (χ2v) is 7.07. The molecule has 0 aliphatic rings. The van der Waals surface area contributed by atoms with Gasteiger partial charge in [0.1, 0.15) is 11.4 Å². The van der Waals surface area contributed by atoms with Crippen LogP contribution in [0, 0.1) is 18.3 Å². The van der Waals surface area contributed by atoms with Crippen LogP contribution in [0.4, 0.5) is 5.69 Å². The number of aryl methyl sites for hydroxylation is 1. The van der Waals surface area contributed by atoms with E-state index in [0.717, 1.165) is 11.3 Å². The number of thioether (sulfide) groups is 1. The molecule has 0 saturated carbocycles. The van der Waals surface area contributed by atoms with Crippen LogP contribution in [0.1, 0.15) is 12.0 Å². The van der Waals surface area contributed by atoms with E-state index in [2.05, 4.69) is 21.6 Å². The topological polar surface area (TPSA) is 96.9 Å². The zero-order valence-electron chi connectivity index (χ0n) is 16.1. The number of anilines is 1. The van der Waals surface area contributed by atoms with Gasteiger partial charge in [-0.05, 0) is 47.2 Å². The highest BCUT2D eigenvalue weighted by Crippen LogP contribution is 2.27. The fourth-order valence-corrected chi connectivity index (χ4v) is 3.52. The fraction of sp³-hybridized carbons (Fsp3) is 0.250. The molecule has 1 heterocycles. The van der Waals surface area contributed by atoms with E-state index >= 15 is 0 Å². The maximum atomic E-state index is 12.9. The van der Waals surface area contributed by atoms with Crippen molar-refractivity contribution >= 4 is 23.4 Å². The van der Waals surface area contributed by atoms with Crippen molar-refractivity contribution in [3.05, 3.63) is 54.1 Å². The number of hydrogen-bond donors (Lipinski definition) is 0. The summed E-state index contributed by atoms with van der Waals surface area (Å²) in [6, 6.07) is 17.1. The molecule has 0 N–H and O–H groups in total. The number of methoxy groups -OCH3 is 1. The van der Waals surface area contributed by atoms with Crippen LogP contribution >= 0.6 is 11.8 Å². The average molecular weight is 408 g/mol. The monoisotopic (exact) mass is 408 g/mol. The number of nitriles is 1. The standard InChI is InChI=1S/C20H20N6O2S/c1-15-9-10-18(28-2)17(13-15)26-20(22-23-24-26)29-14-19(27)25(12-6-11-21)16-7-4-3-5-8-16/h3-5,7-10,13H,6,12,14H2,1-2H3. The molecule has 0 bridgehead atoms. The summed E-state index contributed by atoms with van der Waals surface area (Å²) < 4.78 is 6.98. The number of carbonyl (C=O) groups is 1. The van der Waals surface area contributed by atoms with Crippen LogP contribution in [0.15, 0.2) is 53.7 Å². The van der Waals surface area contributed by atoms with Crippen LogP contribution in [-0.4, -0.2) is 45.5 Å². The molecular weight excluding hydrogens is 388 g/mol. The van der Waals surface area contributed by atoms with Gasteiger partial charge in [0.2, 0.25) is 11.1 Å². The second kappa shape index (κ2) is 9.71. The van der Waals surface area contributed by atoms with Gasteiger partial charge in [0.05, 0.1) is 25.4 Å². The molecule has 0 spiro atoms. The van der Waals surface area contributed by atoms with Crippen molar-refractivity contribution in [1.29, 1.82) is 5.26 Å². The molecule has 29 heavy (non-hydrogen) atoms. The largest absolute Gasteiger partial charge is 0.494 e. The van der Waals surface area contributed by atoms with Gasteiger partial charge in [-0.2, -0.15) is 9.94 Å². The zero-order valence-corrected chi connectivity index (χ0v) is 17.0. The molecule has 0 radical (unpaired) electrons. The quantitative estimate of drug-likeness (QED) is 0.529. The first-order valence-electron chi connectivity index (χ1n) is 8.92. The lowest BCUT2D eigenvalue weighted by molar-refractivity contribution is -0.116. The molecule has 0 atom stereocenters. The van der Waals surface area contributed by atoms with Crippen molar-refractivity contribution in [3.8, 4) is 17.5 Å². The summed E-state index contributed by atoms with van der Waals surface area (Å²) in [5, 5.41) is 21.3. The molecule has 8 nitrogen and oxygen atoms in total. The smallest absolute Gasteiger partial charge is 0.237 e. The van der Waals surface area contributed by atoms with Crippen molar-refractivity contribution in [1.82, 2.24) is 20.2 Å². The van der Waals surface area contributed by atoms with Crippen LogP contribution < -0.4 is 9.64 Å². The number of carbonyl (C=O) groups excluding carboxylic acids is 1. The van der Waals surface area contributed by atoms with E-state index in [1.165, 1.54) is 11.8 Å². The van der Waals surface area contributed by atoms with E-state index < -0.39 is 0 Å². The number of rotatable bonds is 8. The number of ether oxygens (including phenoxy) is 1. The van der Waals surface area contributed by atoms with Gasteiger partial charge < -0.3 is 9.64 Å². The van der Waals surface area contributed by atoms with Gasteiger partial charge in [-0.15, -0.1) is 5.10 Å². The summed E-state index contributed by atoms with van der Waals surface area (Å²) in [5.74, 6) is 0.646. The predicted molar refractivity (Wildman–Crippen MR) is 110 cm³/mol. The van der Waals surface area contributed by atoms with E-state index in [0.29, 0.717) is 23.1 Å². The Bertz CT molecular complexity index is 1020. The predicted octanol–water partition coefficient (Wildman–Crippen LogP) is 3.02. The first-order valence-corrected chi connectivity index (χ1v) is 9.91. The van der Waals surface area contributed by atoms with Crippen molar-refractivity contribution < 1.29 is 9.53 Å². The van der Waals surface area contributed by atoms with Crippen molar-refractivity contribution in [2.75, 3.05) is 24.3 Å². The Morgan fingerprint density at radius 1 is 1.28 bits per heavy atom. The van der Waals surface area contributed by atoms with E-state index in [9.17, 15) is 4.79 Å². The van der Waals surface area contributed by atoms with Crippen molar-refractivity contribution in [3.63, 3.8) is 0 Å². The lowest BCUT2D eigenvalue weighted by Crippen LogP contribution is -2.33. The Morgan fingerprint density at radius 2 is 2.07 bits per heavy atom. The number of para-hydroxylation sites is 1. The molecule has 9 heteroatoms. The molecule has 0 unspecified atom stereocenters. The molecular formula is C20H20N6O2S. The summed E-state index contributed by atoms with van der Waals surface area (Å²) in [6.45, 7) is 2.30. The Balaban J connectivity index is 1.78. The Kier molecular flexibility index (Phi) is 6.81. The van der Waals surface area contributed by atoms with Crippen LogP contribution in [0.5, 0.6) is 5.75 Å². The SMILES string of the molecule is COc1ccc(C)cc1-n1nnnc1SCC(=O)N(CCC#N)c1ccccc1. The molecule has 0 aliphatic heterocycles. The first kappa shape index (κ1) is 20.4. The number of aromatic nitrogens is 4. The molecule has 148 valence electrons. The third kappa shape index (κ3) is 4.92. The van der Waals surface area contributed by atoms with Gasteiger partial charge in [0, 0.05) is 12.2 Å². The summed E-state index contributed by atoms with van der Waals surface area (Å²) in [4.78, 5) is 14.5. The molecule has 0 saturated heterocycles. The average Bonchev–Trinajstić information content (AvgIpc) is 3.21. The maximum absolute atomic E-state index is 12.9. The molecule has 0 fully saturated rings. The highest BCUT2D eigenvalue weighted by Gasteiger charge is 2.19. The van der Waals surface area contributed by atoms with E-state index in [1.807, 2.05) is 55.5 Å². The molecule has 1 amide bonds. The number of nitrogens with zero attached hydrogens (tertiary/aromatic N) is 6. The Labute approximate surface area is 173 Å². The third-order valence-corrected chi connectivity index (χ3v) is 5.05. The van der Waals surface area contributed by atoms with Crippen LogP contribution in [0.2, 0.25) is 0 Å². The van der Waals surface area contributed by atoms with E-state index in [-0.39, 0.29) is 18.1 Å². The third-order valence-electron chi connectivity index (χ3n) is 4.14.